The van der Waals surface area contributed by atoms with Crippen LogP contribution in [0, 0.1) is 6.92 Å². The van der Waals surface area contributed by atoms with Crippen molar-refractivity contribution in [1.82, 2.24) is 4.72 Å². The Bertz CT molecular complexity index is 817. The first kappa shape index (κ1) is 19.5. The van der Waals surface area contributed by atoms with Crippen molar-refractivity contribution in [3.05, 3.63) is 65.2 Å². The highest BCUT2D eigenvalue weighted by atomic mass is 32.2. The van der Waals surface area contributed by atoms with Gasteiger partial charge in [-0.25, -0.2) is 17.9 Å². The van der Waals surface area contributed by atoms with Crippen LogP contribution in [-0.2, 0) is 20.5 Å². The number of sulfonamides is 1. The van der Waals surface area contributed by atoms with Crippen molar-refractivity contribution in [3.63, 3.8) is 0 Å². The quantitative estimate of drug-likeness (QED) is 0.564. The van der Waals surface area contributed by atoms with Crippen molar-refractivity contribution in [2.24, 2.45) is 0 Å². The van der Waals surface area contributed by atoms with Crippen molar-refractivity contribution >= 4 is 27.8 Å². The third-order valence-electron chi connectivity index (χ3n) is 3.49. The zero-order chi connectivity index (χ0) is 18.3. The Hall–Kier alpha value is -1.83. The Morgan fingerprint density at radius 3 is 2.56 bits per heavy atom. The monoisotopic (exact) mass is 379 g/mol. The molecule has 2 aromatic rings. The van der Waals surface area contributed by atoms with Crippen LogP contribution in [0.2, 0.25) is 0 Å². The van der Waals surface area contributed by atoms with Crippen LogP contribution in [0.3, 0.4) is 0 Å². The van der Waals surface area contributed by atoms with Gasteiger partial charge in [0.15, 0.2) is 0 Å². The molecule has 0 heterocycles. The van der Waals surface area contributed by atoms with Gasteiger partial charge < -0.3 is 4.74 Å². The van der Waals surface area contributed by atoms with E-state index in [0.717, 1.165) is 5.75 Å². The number of esters is 1. The fourth-order valence-electron chi connectivity index (χ4n) is 2.11. The summed E-state index contributed by atoms with van der Waals surface area (Å²) in [5, 5.41) is 0. The average Bonchev–Trinajstić information content (AvgIpc) is 2.62. The van der Waals surface area contributed by atoms with E-state index in [9.17, 15) is 13.2 Å². The zero-order valence-electron chi connectivity index (χ0n) is 14.2. The Balaban J connectivity index is 1.85. The Kier molecular flexibility index (Phi) is 7.04. The first-order chi connectivity index (χ1) is 11.9. The van der Waals surface area contributed by atoms with Gasteiger partial charge in [-0.1, -0.05) is 35.9 Å². The van der Waals surface area contributed by atoms with Crippen LogP contribution in [0.15, 0.2) is 53.4 Å². The average molecular weight is 380 g/mol. The second-order valence-corrected chi connectivity index (χ2v) is 8.33. The highest BCUT2D eigenvalue weighted by Gasteiger charge is 2.16. The van der Waals surface area contributed by atoms with E-state index in [1.54, 1.807) is 11.8 Å². The maximum Gasteiger partial charge on any atom is 0.337 e. The lowest BCUT2D eigenvalue weighted by molar-refractivity contribution is 0.0600. The second kappa shape index (κ2) is 9.03. The van der Waals surface area contributed by atoms with E-state index in [4.69, 9.17) is 0 Å². The molecule has 5 nitrogen and oxygen atoms in total. The molecule has 2 aromatic carbocycles. The highest BCUT2D eigenvalue weighted by molar-refractivity contribution is 7.98. The van der Waals surface area contributed by atoms with Gasteiger partial charge in [-0.3, -0.25) is 0 Å². The molecule has 7 heteroatoms. The number of aryl methyl sites for hydroxylation is 1. The summed E-state index contributed by atoms with van der Waals surface area (Å²) >= 11 is 1.66. The first-order valence-corrected chi connectivity index (χ1v) is 10.4. The third-order valence-corrected chi connectivity index (χ3v) is 5.98. The lowest BCUT2D eigenvalue weighted by Gasteiger charge is -2.08. The number of hydrogen-bond donors (Lipinski definition) is 1. The van der Waals surface area contributed by atoms with E-state index in [0.29, 0.717) is 12.3 Å². The van der Waals surface area contributed by atoms with E-state index < -0.39 is 16.0 Å². The van der Waals surface area contributed by atoms with Crippen LogP contribution in [0.4, 0.5) is 0 Å². The molecule has 0 aromatic heterocycles. The minimum atomic E-state index is -3.65. The molecule has 25 heavy (non-hydrogen) atoms. The van der Waals surface area contributed by atoms with Gasteiger partial charge in [0.05, 0.1) is 17.6 Å². The molecule has 134 valence electrons. The van der Waals surface area contributed by atoms with Crippen LogP contribution in [0.25, 0.3) is 0 Å². The molecule has 0 saturated carbocycles. The molecule has 2 rings (SSSR count). The number of carbonyl (C=O) groups is 1. The smallest absolute Gasteiger partial charge is 0.337 e. The van der Waals surface area contributed by atoms with Gasteiger partial charge >= 0.3 is 5.97 Å². The Morgan fingerprint density at radius 1 is 1.16 bits per heavy atom. The van der Waals surface area contributed by atoms with Crippen molar-refractivity contribution in [3.8, 4) is 0 Å². The Labute approximate surface area is 152 Å². The largest absolute Gasteiger partial charge is 0.465 e. The van der Waals surface area contributed by atoms with Crippen molar-refractivity contribution < 1.29 is 17.9 Å². The van der Waals surface area contributed by atoms with E-state index >= 15 is 0 Å². The van der Waals surface area contributed by atoms with E-state index in [-0.39, 0.29) is 10.5 Å². The molecule has 0 atom stereocenters. The topological polar surface area (TPSA) is 72.5 Å². The molecule has 0 unspecified atom stereocenters. The summed E-state index contributed by atoms with van der Waals surface area (Å²) in [5.41, 5.74) is 2.64. The van der Waals surface area contributed by atoms with Gasteiger partial charge in [-0.15, -0.1) is 0 Å². The number of benzene rings is 2. The highest BCUT2D eigenvalue weighted by Crippen LogP contribution is 2.14. The summed E-state index contributed by atoms with van der Waals surface area (Å²) < 4.78 is 31.7. The molecule has 0 aliphatic heterocycles. The summed E-state index contributed by atoms with van der Waals surface area (Å²) in [6, 6.07) is 14.1. The summed E-state index contributed by atoms with van der Waals surface area (Å²) in [5.74, 6) is 0.926. The fourth-order valence-corrected chi connectivity index (χ4v) is 4.14. The molecular weight excluding hydrogens is 358 g/mol. The van der Waals surface area contributed by atoms with Gasteiger partial charge in [-0.2, -0.15) is 11.8 Å². The molecule has 0 aliphatic rings. The molecule has 0 saturated heterocycles. The van der Waals surface area contributed by atoms with Crippen LogP contribution < -0.4 is 4.72 Å². The van der Waals surface area contributed by atoms with Gasteiger partial charge in [0.25, 0.3) is 0 Å². The first-order valence-electron chi connectivity index (χ1n) is 7.74. The molecular formula is C18H21NO4S2. The predicted molar refractivity (Wildman–Crippen MR) is 100 cm³/mol. The summed E-state index contributed by atoms with van der Waals surface area (Å²) in [7, 11) is -2.39. The van der Waals surface area contributed by atoms with Crippen molar-refractivity contribution in [2.45, 2.75) is 17.6 Å². The SMILES string of the molecule is COC(=O)c1cccc(S(=O)(=O)NCCSCc2ccc(C)cc2)c1. The number of hydrogen-bond acceptors (Lipinski definition) is 5. The number of rotatable bonds is 8. The third kappa shape index (κ3) is 5.88. The number of nitrogens with one attached hydrogen (secondary N) is 1. The molecule has 0 aliphatic carbocycles. The van der Waals surface area contributed by atoms with Crippen LogP contribution >= 0.6 is 11.8 Å². The lowest BCUT2D eigenvalue weighted by atomic mass is 10.2. The summed E-state index contributed by atoms with van der Waals surface area (Å²) in [6.07, 6.45) is 0. The fraction of sp³-hybridized carbons (Fsp3) is 0.278. The number of carbonyl (C=O) groups excluding carboxylic acids is 1. The maximum absolute atomic E-state index is 12.3. The van der Waals surface area contributed by atoms with E-state index in [1.165, 1.54) is 42.5 Å². The summed E-state index contributed by atoms with van der Waals surface area (Å²) in [6.45, 7) is 2.36. The zero-order valence-corrected chi connectivity index (χ0v) is 15.8. The van der Waals surface area contributed by atoms with Crippen molar-refractivity contribution in [2.75, 3.05) is 19.4 Å². The van der Waals surface area contributed by atoms with Gasteiger partial charge in [0.1, 0.15) is 0 Å². The number of methoxy groups -OCH3 is 1. The number of thioether (sulfide) groups is 1. The molecule has 0 spiro atoms. The molecule has 0 fully saturated rings. The number of ether oxygens (including phenoxy) is 1. The molecule has 0 radical (unpaired) electrons. The van der Waals surface area contributed by atoms with Gasteiger partial charge in [0.2, 0.25) is 10.0 Å². The van der Waals surface area contributed by atoms with Crippen LogP contribution in [-0.4, -0.2) is 33.8 Å². The Morgan fingerprint density at radius 2 is 1.88 bits per heavy atom. The summed E-state index contributed by atoms with van der Waals surface area (Å²) in [4.78, 5) is 11.6. The molecule has 1 N–H and O–H groups in total. The van der Waals surface area contributed by atoms with Gasteiger partial charge in [-0.05, 0) is 30.7 Å². The minimum absolute atomic E-state index is 0.0546. The molecule has 0 amide bonds. The van der Waals surface area contributed by atoms with E-state index in [2.05, 4.69) is 33.7 Å². The van der Waals surface area contributed by atoms with Crippen molar-refractivity contribution in [1.29, 1.82) is 0 Å². The maximum atomic E-state index is 12.3. The predicted octanol–water partition coefficient (Wildman–Crippen LogP) is 2.99. The minimum Gasteiger partial charge on any atom is -0.465 e. The van der Waals surface area contributed by atoms with E-state index in [1.807, 2.05) is 6.92 Å². The van der Waals surface area contributed by atoms with Crippen LogP contribution in [0.1, 0.15) is 21.5 Å². The second-order valence-electron chi connectivity index (χ2n) is 5.46. The standard InChI is InChI=1S/C18H21NO4S2/c1-14-6-8-15(9-7-14)13-24-11-10-19-25(21,22)17-5-3-4-16(12-17)18(20)23-2/h3-9,12,19H,10-11,13H2,1-2H3. The van der Waals surface area contributed by atoms with Gasteiger partial charge in [0, 0.05) is 18.1 Å². The van der Waals surface area contributed by atoms with Crippen LogP contribution in [0.5, 0.6) is 0 Å². The molecule has 0 bridgehead atoms. The lowest BCUT2D eigenvalue weighted by Crippen LogP contribution is -2.26. The normalized spacial score (nSPS) is 11.3.